The van der Waals surface area contributed by atoms with E-state index in [1.807, 2.05) is 0 Å². The van der Waals surface area contributed by atoms with Crippen LogP contribution in [0.2, 0.25) is 0 Å². The zero-order valence-electron chi connectivity index (χ0n) is 6.49. The Balaban J connectivity index is 2.56. The highest BCUT2D eigenvalue weighted by atomic mass is 16.4. The quantitative estimate of drug-likeness (QED) is 0.446. The van der Waals surface area contributed by atoms with Gasteiger partial charge in [0.25, 0.3) is 0 Å². The van der Waals surface area contributed by atoms with Gasteiger partial charge in [-0.15, -0.1) is 0 Å². The second-order valence-corrected chi connectivity index (χ2v) is 2.66. The number of rotatable bonds is 1. The Morgan fingerprint density at radius 3 is 3.00 bits per heavy atom. The molecule has 6 heteroatoms. The van der Waals surface area contributed by atoms with Crippen LogP contribution in [0.15, 0.2) is 0 Å². The maximum absolute atomic E-state index is 10.9. The zero-order chi connectivity index (χ0) is 9.14. The molecular weight excluding hydrogens is 162 g/mol. The summed E-state index contributed by atoms with van der Waals surface area (Å²) >= 11 is 0. The van der Waals surface area contributed by atoms with Gasteiger partial charge in [-0.05, 0) is 0 Å². The molecule has 4 N–H and O–H groups in total. The standard InChI is InChI=1S/C6H11N3O3/c7-1-4-2-9(6(11)12)3-5(10)8-4/h4H,1-3,7H2,(H,8,10)(H,11,12). The predicted octanol–water partition coefficient (Wildman–Crippen LogP) is -1.58. The maximum Gasteiger partial charge on any atom is 0.407 e. The van der Waals surface area contributed by atoms with Crippen LogP contribution in [-0.4, -0.2) is 47.7 Å². The largest absolute Gasteiger partial charge is 0.465 e. The van der Waals surface area contributed by atoms with E-state index >= 15 is 0 Å². The van der Waals surface area contributed by atoms with Crippen LogP contribution in [0.1, 0.15) is 0 Å². The van der Waals surface area contributed by atoms with Crippen molar-refractivity contribution in [3.63, 3.8) is 0 Å². The molecule has 0 bridgehead atoms. The molecule has 1 fully saturated rings. The van der Waals surface area contributed by atoms with Gasteiger partial charge in [-0.1, -0.05) is 0 Å². The van der Waals surface area contributed by atoms with Gasteiger partial charge in [-0.3, -0.25) is 9.69 Å². The SMILES string of the molecule is NCC1CN(C(=O)O)CC(=O)N1. The molecule has 1 atom stereocenters. The summed E-state index contributed by atoms with van der Waals surface area (Å²) in [5.41, 5.74) is 5.29. The van der Waals surface area contributed by atoms with Gasteiger partial charge in [-0.2, -0.15) is 0 Å². The highest BCUT2D eigenvalue weighted by Crippen LogP contribution is 1.98. The molecule has 0 aromatic carbocycles. The summed E-state index contributed by atoms with van der Waals surface area (Å²) in [5, 5.41) is 11.2. The van der Waals surface area contributed by atoms with E-state index in [-0.39, 0.29) is 31.6 Å². The summed E-state index contributed by atoms with van der Waals surface area (Å²) in [5.74, 6) is -0.292. The molecule has 1 saturated heterocycles. The van der Waals surface area contributed by atoms with Crippen molar-refractivity contribution < 1.29 is 14.7 Å². The molecule has 1 unspecified atom stereocenters. The van der Waals surface area contributed by atoms with E-state index in [2.05, 4.69) is 5.32 Å². The molecule has 0 aromatic rings. The van der Waals surface area contributed by atoms with Gasteiger partial charge in [0.1, 0.15) is 6.54 Å². The van der Waals surface area contributed by atoms with Gasteiger partial charge in [-0.25, -0.2) is 4.79 Å². The third-order valence-electron chi connectivity index (χ3n) is 1.70. The Morgan fingerprint density at radius 1 is 1.83 bits per heavy atom. The topological polar surface area (TPSA) is 95.7 Å². The summed E-state index contributed by atoms with van der Waals surface area (Å²) in [6.45, 7) is 0.443. The lowest BCUT2D eigenvalue weighted by atomic mass is 10.2. The highest BCUT2D eigenvalue weighted by Gasteiger charge is 2.26. The summed E-state index contributed by atoms with van der Waals surface area (Å²) in [4.78, 5) is 22.4. The molecule has 12 heavy (non-hydrogen) atoms. The van der Waals surface area contributed by atoms with Crippen molar-refractivity contribution in [3.05, 3.63) is 0 Å². The van der Waals surface area contributed by atoms with Crippen LogP contribution in [0.4, 0.5) is 4.79 Å². The number of carbonyl (C=O) groups is 2. The summed E-state index contributed by atoms with van der Waals surface area (Å²) in [6, 6.07) is -0.248. The first-order valence-corrected chi connectivity index (χ1v) is 3.60. The average molecular weight is 173 g/mol. The molecule has 0 radical (unpaired) electrons. The molecule has 0 aliphatic carbocycles. The van der Waals surface area contributed by atoms with E-state index in [1.54, 1.807) is 0 Å². The van der Waals surface area contributed by atoms with E-state index in [9.17, 15) is 9.59 Å². The van der Waals surface area contributed by atoms with Crippen molar-refractivity contribution >= 4 is 12.0 Å². The Kier molecular flexibility index (Phi) is 2.49. The van der Waals surface area contributed by atoms with Crippen molar-refractivity contribution in [1.82, 2.24) is 10.2 Å². The van der Waals surface area contributed by atoms with Gasteiger partial charge in [0.05, 0.1) is 6.04 Å². The summed E-state index contributed by atoms with van der Waals surface area (Å²) in [6.07, 6.45) is -1.08. The first-order valence-electron chi connectivity index (χ1n) is 3.60. The predicted molar refractivity (Wildman–Crippen MR) is 40.6 cm³/mol. The minimum atomic E-state index is -1.08. The zero-order valence-corrected chi connectivity index (χ0v) is 6.49. The summed E-state index contributed by atoms with van der Waals surface area (Å²) < 4.78 is 0. The molecule has 1 aliphatic rings. The number of carbonyl (C=O) groups excluding carboxylic acids is 1. The smallest absolute Gasteiger partial charge is 0.407 e. The van der Waals surface area contributed by atoms with Crippen LogP contribution < -0.4 is 11.1 Å². The van der Waals surface area contributed by atoms with Gasteiger partial charge in [0.15, 0.2) is 0 Å². The van der Waals surface area contributed by atoms with Crippen molar-refractivity contribution in [2.24, 2.45) is 5.73 Å². The fourth-order valence-corrected chi connectivity index (χ4v) is 1.10. The van der Waals surface area contributed by atoms with Crippen LogP contribution in [0.3, 0.4) is 0 Å². The molecule has 0 saturated carbocycles. The monoisotopic (exact) mass is 173 g/mol. The molecule has 2 amide bonds. The van der Waals surface area contributed by atoms with E-state index in [0.29, 0.717) is 0 Å². The number of nitrogens with zero attached hydrogens (tertiary/aromatic N) is 1. The Labute approximate surface area is 69.3 Å². The first kappa shape index (κ1) is 8.79. The van der Waals surface area contributed by atoms with E-state index in [4.69, 9.17) is 10.8 Å². The highest BCUT2D eigenvalue weighted by molar-refractivity contribution is 5.83. The first-order chi connectivity index (χ1) is 5.63. The molecule has 0 aromatic heterocycles. The number of piperazine rings is 1. The number of nitrogens with two attached hydrogens (primary N) is 1. The molecule has 1 rings (SSSR count). The maximum atomic E-state index is 10.9. The molecule has 1 aliphatic heterocycles. The lowest BCUT2D eigenvalue weighted by Gasteiger charge is -2.30. The van der Waals surface area contributed by atoms with Gasteiger partial charge in [0, 0.05) is 13.1 Å². The van der Waals surface area contributed by atoms with E-state index in [0.717, 1.165) is 4.90 Å². The van der Waals surface area contributed by atoms with Crippen LogP contribution in [-0.2, 0) is 4.79 Å². The van der Waals surface area contributed by atoms with Gasteiger partial charge < -0.3 is 16.2 Å². The third-order valence-corrected chi connectivity index (χ3v) is 1.70. The number of nitrogens with one attached hydrogen (secondary N) is 1. The second kappa shape index (κ2) is 3.40. The second-order valence-electron chi connectivity index (χ2n) is 2.66. The van der Waals surface area contributed by atoms with Gasteiger partial charge in [0.2, 0.25) is 5.91 Å². The lowest BCUT2D eigenvalue weighted by Crippen LogP contribution is -2.57. The normalized spacial score (nSPS) is 23.6. The Hall–Kier alpha value is -1.30. The van der Waals surface area contributed by atoms with Crippen molar-refractivity contribution in [3.8, 4) is 0 Å². The minimum absolute atomic E-state index is 0.0914. The fraction of sp³-hybridized carbons (Fsp3) is 0.667. The molecule has 68 valence electrons. The third kappa shape index (κ3) is 1.85. The Morgan fingerprint density at radius 2 is 2.50 bits per heavy atom. The minimum Gasteiger partial charge on any atom is -0.465 e. The average Bonchev–Trinajstić information content (AvgIpc) is 2.03. The van der Waals surface area contributed by atoms with Crippen LogP contribution in [0, 0.1) is 0 Å². The van der Waals surface area contributed by atoms with E-state index < -0.39 is 6.09 Å². The van der Waals surface area contributed by atoms with Crippen LogP contribution in [0.5, 0.6) is 0 Å². The van der Waals surface area contributed by atoms with Crippen molar-refractivity contribution in [1.29, 1.82) is 0 Å². The Bertz CT molecular complexity index is 206. The number of carboxylic acid groups (broad SMARTS) is 1. The summed E-state index contributed by atoms with van der Waals surface area (Å²) in [7, 11) is 0. The van der Waals surface area contributed by atoms with Gasteiger partial charge >= 0.3 is 6.09 Å². The van der Waals surface area contributed by atoms with Crippen LogP contribution in [0.25, 0.3) is 0 Å². The number of amides is 2. The lowest BCUT2D eigenvalue weighted by molar-refractivity contribution is -0.124. The molecule has 1 heterocycles. The fourth-order valence-electron chi connectivity index (χ4n) is 1.10. The number of hydrogen-bond acceptors (Lipinski definition) is 3. The van der Waals surface area contributed by atoms with E-state index in [1.165, 1.54) is 0 Å². The molecule has 0 spiro atoms. The van der Waals surface area contributed by atoms with Crippen LogP contribution >= 0.6 is 0 Å². The molecule has 6 nitrogen and oxygen atoms in total. The molecular formula is C6H11N3O3. The van der Waals surface area contributed by atoms with Crippen molar-refractivity contribution in [2.75, 3.05) is 19.6 Å². The number of hydrogen-bond donors (Lipinski definition) is 3. The van der Waals surface area contributed by atoms with Crippen molar-refractivity contribution in [2.45, 2.75) is 6.04 Å².